The predicted octanol–water partition coefficient (Wildman–Crippen LogP) is 1.91. The lowest BCUT2D eigenvalue weighted by atomic mass is 9.89. The zero-order valence-electron chi connectivity index (χ0n) is 16.2. The van der Waals surface area contributed by atoms with Crippen molar-refractivity contribution >= 4 is 30.7 Å². The third kappa shape index (κ3) is 5.06. The van der Waals surface area contributed by atoms with E-state index in [1.807, 2.05) is 24.1 Å². The minimum atomic E-state index is 0. The first-order valence-corrected chi connectivity index (χ1v) is 9.45. The van der Waals surface area contributed by atoms with Gasteiger partial charge in [-0.2, -0.15) is 5.10 Å². The number of carbonyl (C=O) groups excluding carboxylic acids is 1. The summed E-state index contributed by atoms with van der Waals surface area (Å²) < 4.78 is 1.82. The van der Waals surface area contributed by atoms with Gasteiger partial charge in [-0.3, -0.25) is 14.4 Å². The fourth-order valence-corrected chi connectivity index (χ4v) is 4.12. The Bertz CT molecular complexity index is 746. The van der Waals surface area contributed by atoms with Crippen molar-refractivity contribution in [1.29, 1.82) is 0 Å². The second-order valence-electron chi connectivity index (χ2n) is 7.41. The summed E-state index contributed by atoms with van der Waals surface area (Å²) in [7, 11) is 1.93. The molecule has 0 radical (unpaired) electrons. The van der Waals surface area contributed by atoms with Crippen LogP contribution in [0.15, 0.2) is 42.7 Å². The molecule has 2 aromatic rings. The summed E-state index contributed by atoms with van der Waals surface area (Å²) in [6, 6.07) is 10.6. The third-order valence-corrected chi connectivity index (χ3v) is 5.62. The normalized spacial score (nSPS) is 22.4. The van der Waals surface area contributed by atoms with Crippen molar-refractivity contribution in [1.82, 2.24) is 24.9 Å². The number of halogens is 2. The number of nitrogens with one attached hydrogen (secondary N) is 1. The molecule has 1 N–H and O–H groups in total. The molecule has 2 saturated heterocycles. The van der Waals surface area contributed by atoms with E-state index in [1.54, 1.807) is 0 Å². The minimum Gasteiger partial charge on any atom is -0.340 e. The molecule has 0 unspecified atom stereocenters. The molecular formula is C20H29Cl2N5O. The first-order valence-electron chi connectivity index (χ1n) is 9.45. The van der Waals surface area contributed by atoms with Crippen LogP contribution in [0.4, 0.5) is 0 Å². The molecule has 2 atom stereocenters. The van der Waals surface area contributed by atoms with Gasteiger partial charge in [-0.05, 0) is 11.1 Å². The Morgan fingerprint density at radius 2 is 1.82 bits per heavy atom. The molecule has 6 nitrogen and oxygen atoms in total. The number of carbonyl (C=O) groups is 1. The number of rotatable bonds is 4. The van der Waals surface area contributed by atoms with Crippen LogP contribution in [-0.4, -0.2) is 64.8 Å². The van der Waals surface area contributed by atoms with Crippen molar-refractivity contribution in [3.63, 3.8) is 0 Å². The fourth-order valence-electron chi connectivity index (χ4n) is 4.12. The minimum absolute atomic E-state index is 0. The molecule has 0 bridgehead atoms. The SMILES string of the molecule is Cl.Cl.Cn1cc([C@H]2CNC[C@@H]2C(=O)N2CCN(Cc3ccccc3)CC2)cn1. The van der Waals surface area contributed by atoms with Crippen LogP contribution in [-0.2, 0) is 18.4 Å². The number of piperazine rings is 1. The third-order valence-electron chi connectivity index (χ3n) is 5.62. The van der Waals surface area contributed by atoms with E-state index in [0.29, 0.717) is 5.91 Å². The smallest absolute Gasteiger partial charge is 0.227 e. The summed E-state index contributed by atoms with van der Waals surface area (Å²) >= 11 is 0. The van der Waals surface area contributed by atoms with Gasteiger partial charge in [0.25, 0.3) is 0 Å². The summed E-state index contributed by atoms with van der Waals surface area (Å²) in [5, 5.41) is 7.67. The second kappa shape index (κ2) is 10.3. The Balaban J connectivity index is 0.00000140. The van der Waals surface area contributed by atoms with Gasteiger partial charge in [0, 0.05) is 65.0 Å². The topological polar surface area (TPSA) is 53.4 Å². The highest BCUT2D eigenvalue weighted by atomic mass is 35.5. The van der Waals surface area contributed by atoms with Crippen LogP contribution >= 0.6 is 24.8 Å². The number of benzene rings is 1. The Labute approximate surface area is 179 Å². The van der Waals surface area contributed by atoms with Gasteiger partial charge in [0.05, 0.1) is 12.1 Å². The Morgan fingerprint density at radius 1 is 1.11 bits per heavy atom. The monoisotopic (exact) mass is 425 g/mol. The van der Waals surface area contributed by atoms with E-state index in [0.717, 1.165) is 45.8 Å². The van der Waals surface area contributed by atoms with Crippen LogP contribution in [0.25, 0.3) is 0 Å². The van der Waals surface area contributed by atoms with Crippen molar-refractivity contribution in [2.45, 2.75) is 12.5 Å². The zero-order valence-corrected chi connectivity index (χ0v) is 17.8. The van der Waals surface area contributed by atoms with Crippen LogP contribution in [0.2, 0.25) is 0 Å². The second-order valence-corrected chi connectivity index (χ2v) is 7.41. The molecule has 2 aliphatic heterocycles. The number of nitrogens with zero attached hydrogens (tertiary/aromatic N) is 4. The van der Waals surface area contributed by atoms with Gasteiger partial charge in [0.15, 0.2) is 0 Å². The average Bonchev–Trinajstić information content (AvgIpc) is 3.31. The average molecular weight is 426 g/mol. The van der Waals surface area contributed by atoms with Gasteiger partial charge < -0.3 is 10.2 Å². The van der Waals surface area contributed by atoms with Crippen LogP contribution in [0.3, 0.4) is 0 Å². The molecule has 2 fully saturated rings. The van der Waals surface area contributed by atoms with Crippen molar-refractivity contribution in [2.75, 3.05) is 39.3 Å². The van der Waals surface area contributed by atoms with Gasteiger partial charge in [-0.1, -0.05) is 30.3 Å². The van der Waals surface area contributed by atoms with E-state index >= 15 is 0 Å². The van der Waals surface area contributed by atoms with Gasteiger partial charge in [0.2, 0.25) is 5.91 Å². The van der Waals surface area contributed by atoms with Crippen LogP contribution < -0.4 is 5.32 Å². The van der Waals surface area contributed by atoms with E-state index in [2.05, 4.69) is 50.5 Å². The van der Waals surface area contributed by atoms with Gasteiger partial charge in [0.1, 0.15) is 0 Å². The zero-order chi connectivity index (χ0) is 17.9. The lowest BCUT2D eigenvalue weighted by Crippen LogP contribution is -2.50. The molecule has 0 spiro atoms. The Morgan fingerprint density at radius 3 is 2.46 bits per heavy atom. The molecule has 0 aliphatic carbocycles. The molecule has 0 saturated carbocycles. The number of hydrogen-bond donors (Lipinski definition) is 1. The van der Waals surface area contributed by atoms with E-state index in [9.17, 15) is 4.79 Å². The van der Waals surface area contributed by atoms with E-state index in [4.69, 9.17) is 0 Å². The standard InChI is InChI=1S/C20H27N5O.2ClH/c1-23-15-17(11-22-23)18-12-21-13-19(18)20(26)25-9-7-24(8-10-25)14-16-5-3-2-4-6-16;;/h2-6,11,15,18-19,21H,7-10,12-14H2,1H3;2*1H/t18-,19+;;/m1../s1. The maximum atomic E-state index is 13.1. The van der Waals surface area contributed by atoms with Crippen molar-refractivity contribution in [3.05, 3.63) is 53.9 Å². The first kappa shape index (κ1) is 22.7. The Hall–Kier alpha value is -1.60. The highest BCUT2D eigenvalue weighted by Gasteiger charge is 2.37. The van der Waals surface area contributed by atoms with E-state index in [-0.39, 0.29) is 36.6 Å². The van der Waals surface area contributed by atoms with E-state index in [1.165, 1.54) is 11.1 Å². The molecule has 2 aliphatic rings. The highest BCUT2D eigenvalue weighted by molar-refractivity contribution is 5.85. The molecule has 3 heterocycles. The molecule has 8 heteroatoms. The summed E-state index contributed by atoms with van der Waals surface area (Å²) in [5.74, 6) is 0.557. The number of amides is 1. The summed E-state index contributed by atoms with van der Waals surface area (Å²) in [5.41, 5.74) is 2.50. The molecule has 1 aromatic heterocycles. The maximum absolute atomic E-state index is 13.1. The summed E-state index contributed by atoms with van der Waals surface area (Å²) in [6.07, 6.45) is 3.94. The Kier molecular flexibility index (Phi) is 8.31. The van der Waals surface area contributed by atoms with Crippen LogP contribution in [0, 0.1) is 5.92 Å². The van der Waals surface area contributed by atoms with Gasteiger partial charge >= 0.3 is 0 Å². The highest BCUT2D eigenvalue weighted by Crippen LogP contribution is 2.29. The van der Waals surface area contributed by atoms with E-state index < -0.39 is 0 Å². The van der Waals surface area contributed by atoms with Gasteiger partial charge in [-0.15, -0.1) is 24.8 Å². The molecule has 154 valence electrons. The predicted molar refractivity (Wildman–Crippen MR) is 115 cm³/mol. The largest absolute Gasteiger partial charge is 0.340 e. The molecule has 28 heavy (non-hydrogen) atoms. The van der Waals surface area contributed by atoms with Gasteiger partial charge in [-0.25, -0.2) is 0 Å². The molecule has 1 amide bonds. The first-order chi connectivity index (χ1) is 12.7. The van der Waals surface area contributed by atoms with Crippen molar-refractivity contribution in [3.8, 4) is 0 Å². The van der Waals surface area contributed by atoms with Crippen molar-refractivity contribution in [2.24, 2.45) is 13.0 Å². The summed E-state index contributed by atoms with van der Waals surface area (Å²) in [6.45, 7) is 6.12. The lowest BCUT2D eigenvalue weighted by Gasteiger charge is -2.36. The molecule has 4 rings (SSSR count). The van der Waals surface area contributed by atoms with Crippen molar-refractivity contribution < 1.29 is 4.79 Å². The fraction of sp³-hybridized carbons (Fsp3) is 0.500. The molecular weight excluding hydrogens is 397 g/mol. The van der Waals surface area contributed by atoms with Crippen LogP contribution in [0.5, 0.6) is 0 Å². The quantitative estimate of drug-likeness (QED) is 0.812. The lowest BCUT2D eigenvalue weighted by molar-refractivity contribution is -0.137. The summed E-state index contributed by atoms with van der Waals surface area (Å²) in [4.78, 5) is 17.6. The molecule has 1 aromatic carbocycles. The number of hydrogen-bond acceptors (Lipinski definition) is 4. The maximum Gasteiger partial charge on any atom is 0.227 e. The van der Waals surface area contributed by atoms with Crippen LogP contribution in [0.1, 0.15) is 17.0 Å². The number of aromatic nitrogens is 2. The number of aryl methyl sites for hydroxylation is 1.